The van der Waals surface area contributed by atoms with E-state index < -0.39 is 5.82 Å². The average molecular weight is 317 g/mol. The zero-order valence-corrected chi connectivity index (χ0v) is 13.3. The molecule has 116 valence electrons. The van der Waals surface area contributed by atoms with E-state index in [9.17, 15) is 4.39 Å². The number of nitrogens with zero attached hydrogens (tertiary/aromatic N) is 2. The van der Waals surface area contributed by atoms with Crippen LogP contribution in [0.5, 0.6) is 0 Å². The van der Waals surface area contributed by atoms with Gasteiger partial charge >= 0.3 is 0 Å². The molecule has 0 saturated heterocycles. The number of furan rings is 1. The first kappa shape index (κ1) is 14.4. The molecule has 0 N–H and O–H groups in total. The Morgan fingerprint density at radius 3 is 2.71 bits per heavy atom. The average Bonchev–Trinajstić information content (AvgIpc) is 2.92. The minimum absolute atomic E-state index is 0.0117. The molecule has 0 saturated carbocycles. The standard InChI is InChI=1S/C20H14FN2O/c1-12-7-8-13-14-10-16(22-2)15(21)11-18(14)24-20(13)19(12)17-6-4-5-9-23(17)3/h4-11H,1,3H3/q+1. The van der Waals surface area contributed by atoms with Crippen molar-refractivity contribution in [3.63, 3.8) is 0 Å². The summed E-state index contributed by atoms with van der Waals surface area (Å²) in [6.07, 6.45) is 1.98. The highest BCUT2D eigenvalue weighted by Crippen LogP contribution is 2.38. The van der Waals surface area contributed by atoms with Gasteiger partial charge in [0.1, 0.15) is 24.0 Å². The number of pyridine rings is 1. The first-order chi connectivity index (χ1) is 11.6. The van der Waals surface area contributed by atoms with Crippen LogP contribution in [0.1, 0.15) is 5.56 Å². The molecule has 0 radical (unpaired) electrons. The Bertz CT molecular complexity index is 1150. The summed E-state index contributed by atoms with van der Waals surface area (Å²) in [5.41, 5.74) is 4.27. The van der Waals surface area contributed by atoms with Crippen LogP contribution in [-0.4, -0.2) is 0 Å². The lowest BCUT2D eigenvalue weighted by molar-refractivity contribution is -0.660. The molecule has 2 heterocycles. The minimum atomic E-state index is -0.555. The Balaban J connectivity index is 2.16. The maximum absolute atomic E-state index is 13.9. The van der Waals surface area contributed by atoms with Gasteiger partial charge in [-0.3, -0.25) is 0 Å². The van der Waals surface area contributed by atoms with Crippen molar-refractivity contribution in [1.82, 2.24) is 0 Å². The van der Waals surface area contributed by atoms with Gasteiger partial charge in [-0.05, 0) is 24.6 Å². The van der Waals surface area contributed by atoms with Gasteiger partial charge in [-0.15, -0.1) is 0 Å². The fraction of sp³-hybridized carbons (Fsp3) is 0.100. The summed E-state index contributed by atoms with van der Waals surface area (Å²) in [5.74, 6) is -0.555. The summed E-state index contributed by atoms with van der Waals surface area (Å²) >= 11 is 0. The third-order valence-corrected chi connectivity index (χ3v) is 4.35. The van der Waals surface area contributed by atoms with Crippen LogP contribution in [-0.2, 0) is 7.05 Å². The predicted octanol–water partition coefficient (Wildman–Crippen LogP) is 5.08. The molecule has 0 unspecified atom stereocenters. The van der Waals surface area contributed by atoms with Gasteiger partial charge in [0.25, 0.3) is 0 Å². The molecule has 24 heavy (non-hydrogen) atoms. The molecule has 0 spiro atoms. The van der Waals surface area contributed by atoms with Crippen molar-refractivity contribution in [3.8, 4) is 11.3 Å². The van der Waals surface area contributed by atoms with E-state index in [0.29, 0.717) is 11.2 Å². The second-order valence-corrected chi connectivity index (χ2v) is 5.84. The van der Waals surface area contributed by atoms with E-state index in [1.807, 2.05) is 55.1 Å². The number of rotatable bonds is 1. The smallest absolute Gasteiger partial charge is 0.222 e. The second kappa shape index (κ2) is 5.17. The Kier molecular flexibility index (Phi) is 3.10. The van der Waals surface area contributed by atoms with E-state index in [4.69, 9.17) is 11.0 Å². The van der Waals surface area contributed by atoms with Gasteiger partial charge in [-0.2, -0.15) is 0 Å². The molecule has 4 aromatic rings. The van der Waals surface area contributed by atoms with Gasteiger partial charge in [-0.1, -0.05) is 12.1 Å². The zero-order chi connectivity index (χ0) is 16.8. The Hall–Kier alpha value is -3.19. The molecule has 3 nitrogen and oxygen atoms in total. The maximum atomic E-state index is 13.9. The SMILES string of the molecule is [C-]#[N+]c1cc2c(cc1F)oc1c(-c3cccc[n+]3C)c(C)ccc12. The molecule has 0 aliphatic rings. The van der Waals surface area contributed by atoms with Crippen LogP contribution in [0.3, 0.4) is 0 Å². The molecule has 0 aliphatic carbocycles. The van der Waals surface area contributed by atoms with Crippen molar-refractivity contribution in [2.75, 3.05) is 0 Å². The lowest BCUT2D eigenvalue weighted by Crippen LogP contribution is -2.30. The van der Waals surface area contributed by atoms with E-state index in [0.717, 1.165) is 27.6 Å². The molecule has 2 aromatic carbocycles. The number of hydrogen-bond acceptors (Lipinski definition) is 1. The third-order valence-electron chi connectivity index (χ3n) is 4.35. The fourth-order valence-electron chi connectivity index (χ4n) is 3.13. The summed E-state index contributed by atoms with van der Waals surface area (Å²) in [7, 11) is 1.98. The number of aromatic nitrogens is 1. The lowest BCUT2D eigenvalue weighted by atomic mass is 10.0. The van der Waals surface area contributed by atoms with Crippen molar-refractivity contribution in [1.29, 1.82) is 0 Å². The quantitative estimate of drug-likeness (QED) is 0.354. The Labute approximate surface area is 138 Å². The van der Waals surface area contributed by atoms with Crippen molar-refractivity contribution in [3.05, 3.63) is 71.5 Å². The summed E-state index contributed by atoms with van der Waals surface area (Å²) < 4.78 is 22.0. The largest absolute Gasteiger partial charge is 0.455 e. The van der Waals surface area contributed by atoms with Gasteiger partial charge in [-0.25, -0.2) is 13.8 Å². The monoisotopic (exact) mass is 317 g/mol. The van der Waals surface area contributed by atoms with Gasteiger partial charge in [0.05, 0.1) is 12.1 Å². The van der Waals surface area contributed by atoms with E-state index in [1.54, 1.807) is 6.07 Å². The van der Waals surface area contributed by atoms with E-state index in [2.05, 4.69) is 4.85 Å². The molecule has 0 bridgehead atoms. The molecular weight excluding hydrogens is 303 g/mol. The second-order valence-electron chi connectivity index (χ2n) is 5.84. The number of benzene rings is 2. The fourth-order valence-corrected chi connectivity index (χ4v) is 3.13. The molecule has 4 rings (SSSR count). The number of halogens is 1. The van der Waals surface area contributed by atoms with Gasteiger partial charge in [0, 0.05) is 29.0 Å². The minimum Gasteiger partial charge on any atom is -0.455 e. The van der Waals surface area contributed by atoms with Crippen LogP contribution in [0.15, 0.2) is 53.1 Å². The van der Waals surface area contributed by atoms with E-state index in [-0.39, 0.29) is 5.69 Å². The highest BCUT2D eigenvalue weighted by Gasteiger charge is 2.20. The van der Waals surface area contributed by atoms with Gasteiger partial charge < -0.3 is 4.42 Å². The van der Waals surface area contributed by atoms with Crippen LogP contribution in [0.4, 0.5) is 10.1 Å². The molecular formula is C20H14FN2O+. The van der Waals surface area contributed by atoms with Crippen molar-refractivity contribution >= 4 is 27.6 Å². The highest BCUT2D eigenvalue weighted by molar-refractivity contribution is 6.10. The summed E-state index contributed by atoms with van der Waals surface area (Å²) in [4.78, 5) is 3.25. The van der Waals surface area contributed by atoms with Crippen LogP contribution in [0.2, 0.25) is 0 Å². The van der Waals surface area contributed by atoms with Crippen molar-refractivity contribution in [2.45, 2.75) is 6.92 Å². The molecule has 0 atom stereocenters. The summed E-state index contributed by atoms with van der Waals surface area (Å²) in [6.45, 7) is 9.14. The molecule has 2 aromatic heterocycles. The van der Waals surface area contributed by atoms with Crippen LogP contribution in [0.25, 0.3) is 38.0 Å². The topological polar surface area (TPSA) is 21.4 Å². The van der Waals surface area contributed by atoms with Crippen LogP contribution in [0, 0.1) is 19.3 Å². The molecule has 0 amide bonds. The molecule has 0 aliphatic heterocycles. The molecule has 0 fully saturated rings. The maximum Gasteiger partial charge on any atom is 0.222 e. The van der Waals surface area contributed by atoms with E-state index >= 15 is 0 Å². The van der Waals surface area contributed by atoms with E-state index in [1.165, 1.54) is 6.07 Å². The Morgan fingerprint density at radius 1 is 1.12 bits per heavy atom. The lowest BCUT2D eigenvalue weighted by Gasteiger charge is -2.04. The predicted molar refractivity (Wildman–Crippen MR) is 91.3 cm³/mol. The summed E-state index contributed by atoms with van der Waals surface area (Å²) in [5, 5.41) is 1.65. The number of fused-ring (bicyclic) bond motifs is 3. The first-order valence-corrected chi connectivity index (χ1v) is 7.58. The van der Waals surface area contributed by atoms with Gasteiger partial charge in [0.15, 0.2) is 6.20 Å². The Morgan fingerprint density at radius 2 is 1.96 bits per heavy atom. The first-order valence-electron chi connectivity index (χ1n) is 7.58. The molecule has 4 heteroatoms. The number of aryl methyl sites for hydroxylation is 2. The van der Waals surface area contributed by atoms with Crippen molar-refractivity contribution < 1.29 is 13.4 Å². The summed E-state index contributed by atoms with van der Waals surface area (Å²) in [6, 6.07) is 12.8. The van der Waals surface area contributed by atoms with Crippen LogP contribution >= 0.6 is 0 Å². The normalized spacial score (nSPS) is 11.1. The zero-order valence-electron chi connectivity index (χ0n) is 13.3. The highest BCUT2D eigenvalue weighted by atomic mass is 19.1. The third kappa shape index (κ3) is 1.99. The van der Waals surface area contributed by atoms with Crippen LogP contribution < -0.4 is 4.57 Å². The van der Waals surface area contributed by atoms with Crippen molar-refractivity contribution in [2.24, 2.45) is 7.05 Å². The van der Waals surface area contributed by atoms with Gasteiger partial charge in [0.2, 0.25) is 11.4 Å². The number of hydrogen-bond donors (Lipinski definition) is 0.